The summed E-state index contributed by atoms with van der Waals surface area (Å²) in [5, 5.41) is 0. The first kappa shape index (κ1) is 26.9. The highest BCUT2D eigenvalue weighted by Gasteiger charge is 2.20. The molecule has 4 rings (SSSR count). The second-order valence-electron chi connectivity index (χ2n) is 8.58. The van der Waals surface area contributed by atoms with Crippen LogP contribution in [0.25, 0.3) is 0 Å². The SMILES string of the molecule is CC1CCCC(=O)O1.CC1CCCOC1=O.CC1CCOC(=O)C1.CC1CCOC1=O. The molecule has 4 aliphatic rings. The minimum absolute atomic E-state index is 0.0312. The van der Waals surface area contributed by atoms with Crippen LogP contribution in [-0.2, 0) is 38.1 Å². The molecule has 0 aromatic heterocycles. The lowest BCUT2D eigenvalue weighted by atomic mass is 10.0. The third kappa shape index (κ3) is 12.4. The molecule has 4 unspecified atom stereocenters. The fourth-order valence-corrected chi connectivity index (χ4v) is 3.11. The van der Waals surface area contributed by atoms with Gasteiger partial charge in [-0.1, -0.05) is 20.8 Å². The molecule has 0 radical (unpaired) electrons. The molecule has 0 N–H and O–H groups in total. The Morgan fingerprint density at radius 1 is 0.645 bits per heavy atom. The quantitative estimate of drug-likeness (QED) is 0.414. The van der Waals surface area contributed by atoms with Crippen LogP contribution in [-0.4, -0.2) is 49.8 Å². The molecule has 4 atom stereocenters. The molecule has 0 aliphatic carbocycles. The second-order valence-corrected chi connectivity index (χ2v) is 8.58. The van der Waals surface area contributed by atoms with Crippen LogP contribution < -0.4 is 0 Å². The Morgan fingerprint density at radius 2 is 1.26 bits per heavy atom. The number of hydrogen-bond acceptors (Lipinski definition) is 8. The van der Waals surface area contributed by atoms with Crippen molar-refractivity contribution in [2.45, 2.75) is 85.2 Å². The molecule has 0 aromatic rings. The fraction of sp³-hybridized carbons (Fsp3) is 0.826. The summed E-state index contributed by atoms with van der Waals surface area (Å²) < 4.78 is 18.9. The van der Waals surface area contributed by atoms with E-state index in [-0.39, 0.29) is 41.8 Å². The summed E-state index contributed by atoms with van der Waals surface area (Å²) in [4.78, 5) is 41.8. The van der Waals surface area contributed by atoms with Crippen molar-refractivity contribution in [3.8, 4) is 0 Å². The first-order valence-electron chi connectivity index (χ1n) is 11.4. The van der Waals surface area contributed by atoms with Crippen LogP contribution in [0.15, 0.2) is 0 Å². The van der Waals surface area contributed by atoms with Gasteiger partial charge in [-0.15, -0.1) is 0 Å². The fourth-order valence-electron chi connectivity index (χ4n) is 3.11. The van der Waals surface area contributed by atoms with Gasteiger partial charge in [-0.05, 0) is 51.4 Å². The van der Waals surface area contributed by atoms with Crippen molar-refractivity contribution >= 4 is 23.9 Å². The van der Waals surface area contributed by atoms with E-state index in [1.807, 2.05) is 20.8 Å². The first-order chi connectivity index (χ1) is 14.7. The Hall–Kier alpha value is -2.12. The molecule has 0 bridgehead atoms. The predicted molar refractivity (Wildman–Crippen MR) is 113 cm³/mol. The van der Waals surface area contributed by atoms with E-state index in [1.54, 1.807) is 0 Å². The molecule has 8 heteroatoms. The minimum atomic E-state index is -0.0417. The maximum atomic E-state index is 10.6. The van der Waals surface area contributed by atoms with Crippen LogP contribution in [0, 0.1) is 17.8 Å². The van der Waals surface area contributed by atoms with E-state index in [0.29, 0.717) is 38.6 Å². The van der Waals surface area contributed by atoms with E-state index in [2.05, 4.69) is 11.7 Å². The molecule has 0 spiro atoms. The number of carbonyl (C=O) groups excluding carboxylic acids is 4. The number of ether oxygens (including phenoxy) is 4. The molecule has 4 saturated heterocycles. The maximum Gasteiger partial charge on any atom is 0.308 e. The van der Waals surface area contributed by atoms with Gasteiger partial charge in [0.1, 0.15) is 0 Å². The molecule has 178 valence electrons. The average molecular weight is 443 g/mol. The van der Waals surface area contributed by atoms with Crippen molar-refractivity contribution in [3.63, 3.8) is 0 Å². The van der Waals surface area contributed by atoms with E-state index < -0.39 is 0 Å². The second kappa shape index (κ2) is 14.8. The van der Waals surface area contributed by atoms with Gasteiger partial charge >= 0.3 is 23.9 Å². The lowest BCUT2D eigenvalue weighted by molar-refractivity contribution is -0.153. The molecule has 4 fully saturated rings. The van der Waals surface area contributed by atoms with Gasteiger partial charge in [-0.3, -0.25) is 19.2 Å². The third-order valence-electron chi connectivity index (χ3n) is 5.34. The molecule has 0 aromatic carbocycles. The van der Waals surface area contributed by atoms with Gasteiger partial charge in [-0.2, -0.15) is 0 Å². The molecular formula is C23H38O8. The van der Waals surface area contributed by atoms with Crippen LogP contribution >= 0.6 is 0 Å². The standard InChI is InChI=1S/3C6H10O2.C5H8O2/c1-5-2-3-8-6(7)4-5;1-5-3-2-4-8-6(5)7;1-5-3-2-4-6(7)8-5;1-4-2-3-7-5(4)6/h3*5H,2-4H2,1H3;4H,2-3H2,1H3. The van der Waals surface area contributed by atoms with Crippen molar-refractivity contribution in [3.05, 3.63) is 0 Å². The van der Waals surface area contributed by atoms with Crippen LogP contribution in [0.3, 0.4) is 0 Å². The van der Waals surface area contributed by atoms with Crippen molar-refractivity contribution < 1.29 is 38.1 Å². The lowest BCUT2D eigenvalue weighted by Gasteiger charge is -2.17. The van der Waals surface area contributed by atoms with E-state index in [1.165, 1.54) is 0 Å². The van der Waals surface area contributed by atoms with Gasteiger partial charge < -0.3 is 18.9 Å². The highest BCUT2D eigenvalue weighted by molar-refractivity contribution is 5.73. The minimum Gasteiger partial charge on any atom is -0.466 e. The summed E-state index contributed by atoms with van der Waals surface area (Å²) in [5.41, 5.74) is 0. The summed E-state index contributed by atoms with van der Waals surface area (Å²) in [6.45, 7) is 9.66. The Morgan fingerprint density at radius 3 is 1.58 bits per heavy atom. The third-order valence-corrected chi connectivity index (χ3v) is 5.34. The van der Waals surface area contributed by atoms with Gasteiger partial charge in [0.15, 0.2) is 0 Å². The van der Waals surface area contributed by atoms with Crippen LogP contribution in [0.2, 0.25) is 0 Å². The zero-order valence-electron chi connectivity index (χ0n) is 19.4. The van der Waals surface area contributed by atoms with Crippen molar-refractivity contribution in [1.29, 1.82) is 0 Å². The van der Waals surface area contributed by atoms with E-state index in [0.717, 1.165) is 38.5 Å². The molecular weight excluding hydrogens is 404 g/mol. The molecule has 31 heavy (non-hydrogen) atoms. The Balaban J connectivity index is 0.000000207. The van der Waals surface area contributed by atoms with Gasteiger partial charge in [-0.25, -0.2) is 0 Å². The number of carbonyl (C=O) groups is 4. The topological polar surface area (TPSA) is 105 Å². The predicted octanol–water partition coefficient (Wildman–Crippen LogP) is 3.59. The monoisotopic (exact) mass is 442 g/mol. The van der Waals surface area contributed by atoms with Crippen LogP contribution in [0.1, 0.15) is 79.1 Å². The average Bonchev–Trinajstić information content (AvgIpc) is 3.08. The van der Waals surface area contributed by atoms with Crippen LogP contribution in [0.4, 0.5) is 0 Å². The zero-order valence-corrected chi connectivity index (χ0v) is 19.4. The van der Waals surface area contributed by atoms with Gasteiger partial charge in [0, 0.05) is 12.8 Å². The molecule has 4 aliphatic heterocycles. The smallest absolute Gasteiger partial charge is 0.308 e. The molecule has 0 saturated carbocycles. The van der Waals surface area contributed by atoms with Gasteiger partial charge in [0.2, 0.25) is 0 Å². The normalized spacial score (nSPS) is 29.8. The zero-order chi connectivity index (χ0) is 23.2. The summed E-state index contributed by atoms with van der Waals surface area (Å²) >= 11 is 0. The van der Waals surface area contributed by atoms with E-state index in [9.17, 15) is 19.2 Å². The lowest BCUT2D eigenvalue weighted by Crippen LogP contribution is -2.20. The first-order valence-corrected chi connectivity index (χ1v) is 11.4. The number of esters is 4. The Bertz CT molecular complexity index is 562. The van der Waals surface area contributed by atoms with Crippen molar-refractivity contribution in [2.75, 3.05) is 19.8 Å². The van der Waals surface area contributed by atoms with Crippen molar-refractivity contribution in [2.24, 2.45) is 17.8 Å². The molecule has 0 amide bonds. The highest BCUT2D eigenvalue weighted by Crippen LogP contribution is 2.14. The summed E-state index contributed by atoms with van der Waals surface area (Å²) in [6, 6.07) is 0. The van der Waals surface area contributed by atoms with Crippen LogP contribution in [0.5, 0.6) is 0 Å². The molecule has 4 heterocycles. The summed E-state index contributed by atoms with van der Waals surface area (Å²) in [5.74, 6) is 0.684. The highest BCUT2D eigenvalue weighted by atomic mass is 16.5. The summed E-state index contributed by atoms with van der Waals surface area (Å²) in [7, 11) is 0. The Labute approximate surface area is 185 Å². The number of hydrogen-bond donors (Lipinski definition) is 0. The largest absolute Gasteiger partial charge is 0.466 e. The number of cyclic esters (lactones) is 4. The molecule has 8 nitrogen and oxygen atoms in total. The van der Waals surface area contributed by atoms with Gasteiger partial charge in [0.25, 0.3) is 0 Å². The number of rotatable bonds is 0. The van der Waals surface area contributed by atoms with E-state index >= 15 is 0 Å². The summed E-state index contributed by atoms with van der Waals surface area (Å²) in [6.07, 6.45) is 7.39. The maximum absolute atomic E-state index is 10.6. The van der Waals surface area contributed by atoms with Gasteiger partial charge in [0.05, 0.1) is 37.8 Å². The van der Waals surface area contributed by atoms with E-state index in [4.69, 9.17) is 14.2 Å². The van der Waals surface area contributed by atoms with Crippen molar-refractivity contribution in [1.82, 2.24) is 0 Å². The Kier molecular flexibility index (Phi) is 12.9.